The SMILES string of the molecule is COCc1c(C(=O)O)nnn1Cc1ccc(C(N)=O)cc1. The zero-order valence-corrected chi connectivity index (χ0v) is 11.3. The zero-order chi connectivity index (χ0) is 15.4. The summed E-state index contributed by atoms with van der Waals surface area (Å²) < 4.78 is 6.43. The molecular weight excluding hydrogens is 276 g/mol. The van der Waals surface area contributed by atoms with Gasteiger partial charge in [-0.15, -0.1) is 5.10 Å². The predicted octanol–water partition coefficient (Wildman–Crippen LogP) is 0.270. The largest absolute Gasteiger partial charge is 0.476 e. The molecule has 1 aromatic carbocycles. The third-order valence-electron chi connectivity index (χ3n) is 2.89. The van der Waals surface area contributed by atoms with Gasteiger partial charge in [-0.05, 0) is 17.7 Å². The number of amides is 1. The average molecular weight is 290 g/mol. The third kappa shape index (κ3) is 3.23. The minimum Gasteiger partial charge on any atom is -0.476 e. The van der Waals surface area contributed by atoms with Crippen LogP contribution in [0.1, 0.15) is 32.1 Å². The molecule has 3 N–H and O–H groups in total. The Bertz CT molecular complexity index is 663. The number of carboxylic acids is 1. The van der Waals surface area contributed by atoms with E-state index >= 15 is 0 Å². The summed E-state index contributed by atoms with van der Waals surface area (Å²) in [5, 5.41) is 16.5. The van der Waals surface area contributed by atoms with Crippen LogP contribution in [0.15, 0.2) is 24.3 Å². The van der Waals surface area contributed by atoms with Crippen molar-refractivity contribution in [2.45, 2.75) is 13.2 Å². The van der Waals surface area contributed by atoms with E-state index in [4.69, 9.17) is 15.6 Å². The number of carbonyl (C=O) groups is 2. The molecule has 0 unspecified atom stereocenters. The number of hydrogen-bond donors (Lipinski definition) is 2. The van der Waals surface area contributed by atoms with Gasteiger partial charge < -0.3 is 15.6 Å². The quantitative estimate of drug-likeness (QED) is 0.787. The highest BCUT2D eigenvalue weighted by Crippen LogP contribution is 2.11. The number of ether oxygens (including phenoxy) is 1. The van der Waals surface area contributed by atoms with E-state index in [9.17, 15) is 9.59 Å². The first kappa shape index (κ1) is 14.7. The summed E-state index contributed by atoms with van der Waals surface area (Å²) in [6.45, 7) is 0.409. The monoisotopic (exact) mass is 290 g/mol. The molecule has 0 atom stereocenters. The maximum atomic E-state index is 11.1. The molecule has 0 aliphatic carbocycles. The summed E-state index contributed by atoms with van der Waals surface area (Å²) in [4.78, 5) is 22.1. The van der Waals surface area contributed by atoms with Crippen molar-refractivity contribution in [3.8, 4) is 0 Å². The van der Waals surface area contributed by atoms with Crippen LogP contribution in [0.25, 0.3) is 0 Å². The molecule has 0 bridgehead atoms. The minimum absolute atomic E-state index is 0.0913. The summed E-state index contributed by atoms with van der Waals surface area (Å²) >= 11 is 0. The van der Waals surface area contributed by atoms with Gasteiger partial charge in [0.2, 0.25) is 5.91 Å². The molecule has 1 amide bonds. The molecular formula is C13H14N4O4. The second kappa shape index (κ2) is 6.14. The predicted molar refractivity (Wildman–Crippen MR) is 71.8 cm³/mol. The number of primary amides is 1. The lowest BCUT2D eigenvalue weighted by molar-refractivity contribution is 0.0684. The Hall–Kier alpha value is -2.74. The number of rotatable bonds is 6. The molecule has 0 saturated heterocycles. The first-order chi connectivity index (χ1) is 10.0. The molecule has 1 heterocycles. The Morgan fingerprint density at radius 2 is 2.00 bits per heavy atom. The molecule has 1 aromatic heterocycles. The Labute approximate surface area is 120 Å². The van der Waals surface area contributed by atoms with Crippen LogP contribution in [0, 0.1) is 0 Å². The highest BCUT2D eigenvalue weighted by molar-refractivity contribution is 5.92. The molecule has 110 valence electrons. The summed E-state index contributed by atoms with van der Waals surface area (Å²) in [6, 6.07) is 6.64. The van der Waals surface area contributed by atoms with Crippen molar-refractivity contribution in [1.29, 1.82) is 0 Å². The smallest absolute Gasteiger partial charge is 0.358 e. The molecule has 0 aliphatic rings. The van der Waals surface area contributed by atoms with Crippen molar-refractivity contribution >= 4 is 11.9 Å². The number of carbonyl (C=O) groups excluding carboxylic acids is 1. The number of methoxy groups -OCH3 is 1. The van der Waals surface area contributed by atoms with Crippen molar-refractivity contribution in [2.75, 3.05) is 7.11 Å². The van der Waals surface area contributed by atoms with Crippen LogP contribution in [0.5, 0.6) is 0 Å². The van der Waals surface area contributed by atoms with Crippen molar-refractivity contribution in [1.82, 2.24) is 15.0 Å². The molecule has 0 radical (unpaired) electrons. The van der Waals surface area contributed by atoms with Gasteiger partial charge in [0.1, 0.15) is 0 Å². The van der Waals surface area contributed by atoms with Gasteiger partial charge in [0, 0.05) is 12.7 Å². The van der Waals surface area contributed by atoms with Gasteiger partial charge in [-0.1, -0.05) is 17.3 Å². The number of nitrogens with zero attached hydrogens (tertiary/aromatic N) is 3. The second-order valence-electron chi connectivity index (χ2n) is 4.34. The topological polar surface area (TPSA) is 120 Å². The molecule has 0 fully saturated rings. The number of carboxylic acid groups (broad SMARTS) is 1. The van der Waals surface area contributed by atoms with Gasteiger partial charge in [0.05, 0.1) is 18.8 Å². The lowest BCUT2D eigenvalue weighted by atomic mass is 10.1. The normalized spacial score (nSPS) is 10.5. The molecule has 8 nitrogen and oxygen atoms in total. The van der Waals surface area contributed by atoms with Crippen molar-refractivity contribution < 1.29 is 19.4 Å². The molecule has 21 heavy (non-hydrogen) atoms. The van der Waals surface area contributed by atoms with Gasteiger partial charge >= 0.3 is 5.97 Å². The summed E-state index contributed by atoms with van der Waals surface area (Å²) in [6.07, 6.45) is 0. The van der Waals surface area contributed by atoms with Gasteiger partial charge in [0.15, 0.2) is 5.69 Å². The average Bonchev–Trinajstić information content (AvgIpc) is 2.83. The van der Waals surface area contributed by atoms with E-state index in [1.807, 2.05) is 0 Å². The summed E-state index contributed by atoms with van der Waals surface area (Å²) in [5.41, 5.74) is 6.65. The maximum Gasteiger partial charge on any atom is 0.358 e. The highest BCUT2D eigenvalue weighted by Gasteiger charge is 2.18. The van der Waals surface area contributed by atoms with Crippen LogP contribution in [0.2, 0.25) is 0 Å². The van der Waals surface area contributed by atoms with E-state index in [0.29, 0.717) is 17.8 Å². The third-order valence-corrected chi connectivity index (χ3v) is 2.89. The number of hydrogen-bond acceptors (Lipinski definition) is 5. The van der Waals surface area contributed by atoms with E-state index in [-0.39, 0.29) is 12.3 Å². The molecule has 0 aliphatic heterocycles. The minimum atomic E-state index is -1.16. The van der Waals surface area contributed by atoms with Crippen molar-refractivity contribution in [3.05, 3.63) is 46.8 Å². The molecule has 0 spiro atoms. The van der Waals surface area contributed by atoms with Gasteiger partial charge in [-0.2, -0.15) is 0 Å². The Balaban J connectivity index is 2.26. The number of benzene rings is 1. The number of aromatic carboxylic acids is 1. The van der Waals surface area contributed by atoms with Crippen LogP contribution in [0.4, 0.5) is 0 Å². The fourth-order valence-electron chi connectivity index (χ4n) is 1.85. The maximum absolute atomic E-state index is 11.1. The zero-order valence-electron chi connectivity index (χ0n) is 11.3. The lowest BCUT2D eigenvalue weighted by Gasteiger charge is -2.07. The molecule has 8 heteroatoms. The molecule has 2 aromatic rings. The lowest BCUT2D eigenvalue weighted by Crippen LogP contribution is -2.12. The number of aromatic nitrogens is 3. The van der Waals surface area contributed by atoms with Crippen LogP contribution in [0.3, 0.4) is 0 Å². The van der Waals surface area contributed by atoms with E-state index in [0.717, 1.165) is 5.56 Å². The number of nitrogens with two attached hydrogens (primary N) is 1. The van der Waals surface area contributed by atoms with Gasteiger partial charge in [0.25, 0.3) is 0 Å². The van der Waals surface area contributed by atoms with Gasteiger partial charge in [-0.25, -0.2) is 9.48 Å². The van der Waals surface area contributed by atoms with E-state index in [2.05, 4.69) is 10.3 Å². The van der Waals surface area contributed by atoms with E-state index < -0.39 is 11.9 Å². The van der Waals surface area contributed by atoms with Crippen molar-refractivity contribution in [2.24, 2.45) is 5.73 Å². The summed E-state index contributed by atoms with van der Waals surface area (Å²) in [5.74, 6) is -1.66. The van der Waals surface area contributed by atoms with Crippen LogP contribution in [-0.2, 0) is 17.9 Å². The van der Waals surface area contributed by atoms with Crippen LogP contribution in [-0.4, -0.2) is 39.1 Å². The fraction of sp³-hybridized carbons (Fsp3) is 0.231. The van der Waals surface area contributed by atoms with Crippen LogP contribution < -0.4 is 5.73 Å². The van der Waals surface area contributed by atoms with Gasteiger partial charge in [-0.3, -0.25) is 4.79 Å². The molecule has 0 saturated carbocycles. The Morgan fingerprint density at radius 1 is 1.33 bits per heavy atom. The van der Waals surface area contributed by atoms with E-state index in [1.165, 1.54) is 11.8 Å². The Morgan fingerprint density at radius 3 is 2.52 bits per heavy atom. The van der Waals surface area contributed by atoms with E-state index in [1.54, 1.807) is 24.3 Å². The standard InChI is InChI=1S/C13H14N4O4/c1-21-7-10-11(13(19)20)15-16-17(10)6-8-2-4-9(5-3-8)12(14)18/h2-5H,6-7H2,1H3,(H2,14,18)(H,19,20). The second-order valence-corrected chi connectivity index (χ2v) is 4.34. The fourth-order valence-corrected chi connectivity index (χ4v) is 1.85. The highest BCUT2D eigenvalue weighted by atomic mass is 16.5. The summed E-state index contributed by atoms with van der Waals surface area (Å²) in [7, 11) is 1.46. The van der Waals surface area contributed by atoms with Crippen LogP contribution >= 0.6 is 0 Å². The first-order valence-corrected chi connectivity index (χ1v) is 6.06. The Kier molecular flexibility index (Phi) is 4.29. The first-order valence-electron chi connectivity index (χ1n) is 6.06. The van der Waals surface area contributed by atoms with Crippen molar-refractivity contribution in [3.63, 3.8) is 0 Å². The molecule has 2 rings (SSSR count).